The highest BCUT2D eigenvalue weighted by atomic mass is 35.5. The Kier molecular flexibility index (Phi) is 3.93. The van der Waals surface area contributed by atoms with Gasteiger partial charge in [0.15, 0.2) is 0 Å². The van der Waals surface area contributed by atoms with Gasteiger partial charge in [0.25, 0.3) is 0 Å². The van der Waals surface area contributed by atoms with Crippen molar-refractivity contribution in [3.8, 4) is 0 Å². The summed E-state index contributed by atoms with van der Waals surface area (Å²) < 4.78 is 0. The van der Waals surface area contributed by atoms with Crippen LogP contribution in [0.3, 0.4) is 0 Å². The lowest BCUT2D eigenvalue weighted by molar-refractivity contribution is -0.139. The Morgan fingerprint density at radius 2 is 1.50 bits per heavy atom. The van der Waals surface area contributed by atoms with E-state index in [4.69, 9.17) is 33.4 Å². The molecule has 0 atom stereocenters. The SMILES string of the molecule is O=C(O)C(=Cc1c(Cl)cccc1Cl)C(=O)O. The molecule has 0 unspecified atom stereocenters. The molecule has 84 valence electrons. The third-order valence-corrected chi connectivity index (χ3v) is 2.41. The Morgan fingerprint density at radius 1 is 1.06 bits per heavy atom. The summed E-state index contributed by atoms with van der Waals surface area (Å²) in [5.74, 6) is -3.10. The Hall–Kier alpha value is -1.52. The molecule has 0 radical (unpaired) electrons. The molecule has 0 spiro atoms. The summed E-state index contributed by atoms with van der Waals surface area (Å²) in [5, 5.41) is 17.7. The van der Waals surface area contributed by atoms with Gasteiger partial charge in [-0.05, 0) is 18.2 Å². The monoisotopic (exact) mass is 260 g/mol. The van der Waals surface area contributed by atoms with E-state index in [0.717, 1.165) is 6.08 Å². The minimum absolute atomic E-state index is 0.172. The first-order valence-corrected chi connectivity index (χ1v) is 4.81. The van der Waals surface area contributed by atoms with Crippen LogP contribution in [0, 0.1) is 0 Å². The highest BCUT2D eigenvalue weighted by Crippen LogP contribution is 2.26. The molecule has 0 fully saturated rings. The van der Waals surface area contributed by atoms with Gasteiger partial charge in [-0.2, -0.15) is 0 Å². The fourth-order valence-electron chi connectivity index (χ4n) is 1.01. The third kappa shape index (κ3) is 2.74. The molecule has 0 saturated carbocycles. The molecule has 0 aliphatic rings. The molecule has 1 aromatic rings. The second kappa shape index (κ2) is 5.01. The van der Waals surface area contributed by atoms with Gasteiger partial charge in [-0.1, -0.05) is 29.3 Å². The van der Waals surface area contributed by atoms with E-state index >= 15 is 0 Å². The molecular weight excluding hydrogens is 255 g/mol. The van der Waals surface area contributed by atoms with E-state index < -0.39 is 17.5 Å². The van der Waals surface area contributed by atoms with Crippen LogP contribution < -0.4 is 0 Å². The second-order valence-corrected chi connectivity index (χ2v) is 3.62. The quantitative estimate of drug-likeness (QED) is 0.498. The largest absolute Gasteiger partial charge is 0.477 e. The van der Waals surface area contributed by atoms with Crippen molar-refractivity contribution in [3.05, 3.63) is 39.4 Å². The topological polar surface area (TPSA) is 74.6 Å². The maximum atomic E-state index is 10.6. The second-order valence-electron chi connectivity index (χ2n) is 2.80. The molecule has 4 nitrogen and oxygen atoms in total. The fourth-order valence-corrected chi connectivity index (χ4v) is 1.51. The van der Waals surface area contributed by atoms with Crippen molar-refractivity contribution < 1.29 is 19.8 Å². The number of carboxylic acid groups (broad SMARTS) is 2. The zero-order valence-electron chi connectivity index (χ0n) is 7.78. The Balaban J connectivity index is 3.34. The van der Waals surface area contributed by atoms with Crippen LogP contribution in [0.1, 0.15) is 5.56 Å². The van der Waals surface area contributed by atoms with E-state index in [-0.39, 0.29) is 15.6 Å². The molecule has 0 aromatic heterocycles. The number of aliphatic carboxylic acids is 2. The molecule has 6 heteroatoms. The van der Waals surface area contributed by atoms with Gasteiger partial charge in [0.1, 0.15) is 5.57 Å². The van der Waals surface area contributed by atoms with Crippen LogP contribution in [0.2, 0.25) is 10.0 Å². The Labute approximate surface area is 101 Å². The highest BCUT2D eigenvalue weighted by Gasteiger charge is 2.17. The molecular formula is C10H6Cl2O4. The summed E-state index contributed by atoms with van der Waals surface area (Å²) in [6.45, 7) is 0. The first-order chi connectivity index (χ1) is 7.43. The van der Waals surface area contributed by atoms with E-state index in [1.807, 2.05) is 0 Å². The van der Waals surface area contributed by atoms with Crippen LogP contribution in [0.25, 0.3) is 6.08 Å². The van der Waals surface area contributed by atoms with Crippen molar-refractivity contribution in [3.63, 3.8) is 0 Å². The maximum Gasteiger partial charge on any atom is 0.343 e. The van der Waals surface area contributed by atoms with Crippen LogP contribution in [0.15, 0.2) is 23.8 Å². The highest BCUT2D eigenvalue weighted by molar-refractivity contribution is 6.37. The Bertz CT molecular complexity index is 443. The van der Waals surface area contributed by atoms with Crippen molar-refractivity contribution in [2.24, 2.45) is 0 Å². The van der Waals surface area contributed by atoms with Gasteiger partial charge < -0.3 is 10.2 Å². The molecule has 0 aliphatic carbocycles. The summed E-state index contributed by atoms with van der Waals surface area (Å²) in [6, 6.07) is 4.55. The average molecular weight is 261 g/mol. The number of halogens is 2. The van der Waals surface area contributed by atoms with Gasteiger partial charge in [-0.25, -0.2) is 9.59 Å². The first kappa shape index (κ1) is 12.5. The predicted octanol–water partition coefficient (Wildman–Crippen LogP) is 2.55. The fraction of sp³-hybridized carbons (Fsp3) is 0. The van der Waals surface area contributed by atoms with Crippen LogP contribution in [0.5, 0.6) is 0 Å². The molecule has 0 bridgehead atoms. The maximum absolute atomic E-state index is 10.6. The minimum Gasteiger partial charge on any atom is -0.477 e. The molecule has 1 rings (SSSR count). The lowest BCUT2D eigenvalue weighted by Crippen LogP contribution is -2.10. The molecule has 0 amide bonds. The van der Waals surface area contributed by atoms with E-state index in [2.05, 4.69) is 0 Å². The average Bonchev–Trinajstić information content (AvgIpc) is 2.15. The standard InChI is InChI=1S/C10H6Cl2O4/c11-7-2-1-3-8(12)5(7)4-6(9(13)14)10(15)16/h1-4H,(H,13,14)(H,15,16). The van der Waals surface area contributed by atoms with E-state index in [0.29, 0.717) is 0 Å². The van der Waals surface area contributed by atoms with Gasteiger partial charge in [-0.15, -0.1) is 0 Å². The summed E-state index contributed by atoms with van der Waals surface area (Å²) in [4.78, 5) is 21.3. The Morgan fingerprint density at radius 3 is 1.88 bits per heavy atom. The van der Waals surface area contributed by atoms with Crippen molar-refractivity contribution in [2.45, 2.75) is 0 Å². The molecule has 1 aromatic carbocycles. The molecule has 16 heavy (non-hydrogen) atoms. The van der Waals surface area contributed by atoms with Gasteiger partial charge in [-0.3, -0.25) is 0 Å². The summed E-state index contributed by atoms with van der Waals surface area (Å²) in [7, 11) is 0. The van der Waals surface area contributed by atoms with Gasteiger partial charge in [0.2, 0.25) is 0 Å². The van der Waals surface area contributed by atoms with E-state index in [1.165, 1.54) is 12.1 Å². The van der Waals surface area contributed by atoms with Gasteiger partial charge in [0.05, 0.1) is 0 Å². The van der Waals surface area contributed by atoms with Crippen LogP contribution in [-0.4, -0.2) is 22.2 Å². The van der Waals surface area contributed by atoms with E-state index in [9.17, 15) is 9.59 Å². The first-order valence-electron chi connectivity index (χ1n) is 4.05. The zero-order valence-corrected chi connectivity index (χ0v) is 9.29. The molecule has 0 aliphatic heterocycles. The van der Waals surface area contributed by atoms with E-state index in [1.54, 1.807) is 6.07 Å². The van der Waals surface area contributed by atoms with Crippen molar-refractivity contribution in [1.29, 1.82) is 0 Å². The van der Waals surface area contributed by atoms with Gasteiger partial charge >= 0.3 is 11.9 Å². The molecule has 0 heterocycles. The smallest absolute Gasteiger partial charge is 0.343 e. The number of rotatable bonds is 3. The lowest BCUT2D eigenvalue weighted by Gasteiger charge is -2.02. The summed E-state index contributed by atoms with van der Waals surface area (Å²) in [5.41, 5.74) is -0.624. The van der Waals surface area contributed by atoms with Gasteiger partial charge in [0, 0.05) is 15.6 Å². The number of benzene rings is 1. The summed E-state index contributed by atoms with van der Waals surface area (Å²) in [6.07, 6.45) is 0.926. The number of carbonyl (C=O) groups is 2. The normalized spacial score (nSPS) is 9.62. The van der Waals surface area contributed by atoms with Crippen LogP contribution in [-0.2, 0) is 9.59 Å². The van der Waals surface area contributed by atoms with Crippen molar-refractivity contribution >= 4 is 41.2 Å². The van der Waals surface area contributed by atoms with Crippen LogP contribution >= 0.6 is 23.2 Å². The number of hydrogen-bond acceptors (Lipinski definition) is 2. The number of hydrogen-bond donors (Lipinski definition) is 2. The molecule has 0 saturated heterocycles. The number of carboxylic acids is 2. The minimum atomic E-state index is -1.55. The summed E-state index contributed by atoms with van der Waals surface area (Å²) >= 11 is 11.5. The lowest BCUT2D eigenvalue weighted by atomic mass is 10.1. The predicted molar refractivity (Wildman–Crippen MR) is 59.7 cm³/mol. The molecule has 2 N–H and O–H groups in total. The third-order valence-electron chi connectivity index (χ3n) is 1.75. The zero-order chi connectivity index (χ0) is 12.3. The van der Waals surface area contributed by atoms with Crippen molar-refractivity contribution in [2.75, 3.05) is 0 Å². The van der Waals surface area contributed by atoms with Crippen molar-refractivity contribution in [1.82, 2.24) is 0 Å². The van der Waals surface area contributed by atoms with Crippen LogP contribution in [0.4, 0.5) is 0 Å².